The van der Waals surface area contributed by atoms with Gasteiger partial charge in [-0.2, -0.15) is 0 Å². The van der Waals surface area contributed by atoms with Gasteiger partial charge in [0.2, 0.25) is 0 Å². The lowest BCUT2D eigenvalue weighted by Crippen LogP contribution is -2.41. The Bertz CT molecular complexity index is 662. The van der Waals surface area contributed by atoms with Crippen molar-refractivity contribution >= 4 is 12.0 Å². The first-order valence-electron chi connectivity index (χ1n) is 8.07. The standard InChI is InChI=1S/C17H22N2O5/c1-11(12-3-4-13-14(9-12)24-8-7-23-13)18-16(22)19-6-5-17(2,10-19)15(20)21/h3-4,9,11H,5-8,10H2,1-2H3,(H,18,22)(H,20,21). The van der Waals surface area contributed by atoms with E-state index in [-0.39, 0.29) is 18.6 Å². The van der Waals surface area contributed by atoms with Crippen LogP contribution in [0.15, 0.2) is 18.2 Å². The molecule has 2 aliphatic rings. The topological polar surface area (TPSA) is 88.1 Å². The van der Waals surface area contributed by atoms with E-state index in [1.165, 1.54) is 0 Å². The van der Waals surface area contributed by atoms with Gasteiger partial charge in [0.15, 0.2) is 11.5 Å². The third-order valence-electron chi connectivity index (χ3n) is 4.68. The summed E-state index contributed by atoms with van der Waals surface area (Å²) in [7, 11) is 0. The van der Waals surface area contributed by atoms with Crippen LogP contribution in [0.5, 0.6) is 11.5 Å². The fraction of sp³-hybridized carbons (Fsp3) is 0.529. The highest BCUT2D eigenvalue weighted by atomic mass is 16.6. The predicted octanol–water partition coefficient (Wildman–Crippen LogP) is 2.03. The number of amides is 2. The van der Waals surface area contributed by atoms with Crippen molar-refractivity contribution in [2.45, 2.75) is 26.3 Å². The third-order valence-corrected chi connectivity index (χ3v) is 4.68. The van der Waals surface area contributed by atoms with Gasteiger partial charge in [-0.3, -0.25) is 4.79 Å². The summed E-state index contributed by atoms with van der Waals surface area (Å²) in [4.78, 5) is 25.2. The summed E-state index contributed by atoms with van der Waals surface area (Å²) in [6.07, 6.45) is 0.466. The van der Waals surface area contributed by atoms with Crippen LogP contribution in [0.3, 0.4) is 0 Å². The van der Waals surface area contributed by atoms with E-state index in [0.717, 1.165) is 5.56 Å². The van der Waals surface area contributed by atoms with Crippen molar-refractivity contribution in [1.29, 1.82) is 0 Å². The molecule has 2 atom stereocenters. The highest BCUT2D eigenvalue weighted by Crippen LogP contribution is 2.33. The number of carboxylic acids is 1. The Morgan fingerprint density at radius 3 is 2.67 bits per heavy atom. The van der Waals surface area contributed by atoms with Gasteiger partial charge < -0.3 is 24.8 Å². The van der Waals surface area contributed by atoms with Gasteiger partial charge in [0.05, 0.1) is 11.5 Å². The highest BCUT2D eigenvalue weighted by Gasteiger charge is 2.42. The zero-order valence-electron chi connectivity index (χ0n) is 13.9. The lowest BCUT2D eigenvalue weighted by atomic mass is 9.90. The lowest BCUT2D eigenvalue weighted by Gasteiger charge is -2.24. The van der Waals surface area contributed by atoms with Crippen LogP contribution >= 0.6 is 0 Å². The average molecular weight is 334 g/mol. The molecule has 2 N–H and O–H groups in total. The number of likely N-dealkylation sites (tertiary alicyclic amines) is 1. The number of carboxylic acid groups (broad SMARTS) is 1. The normalized spacial score (nSPS) is 23.7. The van der Waals surface area contributed by atoms with Gasteiger partial charge in [-0.25, -0.2) is 4.79 Å². The highest BCUT2D eigenvalue weighted by molar-refractivity contribution is 5.79. The maximum atomic E-state index is 12.4. The van der Waals surface area contributed by atoms with Crippen molar-refractivity contribution in [3.63, 3.8) is 0 Å². The number of rotatable bonds is 3. The molecule has 0 spiro atoms. The second-order valence-corrected chi connectivity index (χ2v) is 6.61. The molecule has 2 heterocycles. The molecular formula is C17H22N2O5. The monoisotopic (exact) mass is 334 g/mol. The number of carbonyl (C=O) groups is 2. The summed E-state index contributed by atoms with van der Waals surface area (Å²) in [5, 5.41) is 12.2. The Labute approximate surface area is 140 Å². The number of hydrogen-bond donors (Lipinski definition) is 2. The molecular weight excluding hydrogens is 312 g/mol. The van der Waals surface area contributed by atoms with Crippen LogP contribution in [0.2, 0.25) is 0 Å². The predicted molar refractivity (Wildman–Crippen MR) is 86.3 cm³/mol. The van der Waals surface area contributed by atoms with Crippen LogP contribution in [-0.4, -0.2) is 48.3 Å². The molecule has 24 heavy (non-hydrogen) atoms. The molecule has 0 aliphatic carbocycles. The number of hydrogen-bond acceptors (Lipinski definition) is 4. The number of fused-ring (bicyclic) bond motifs is 1. The van der Waals surface area contributed by atoms with Gasteiger partial charge in [-0.1, -0.05) is 6.07 Å². The van der Waals surface area contributed by atoms with Crippen molar-refractivity contribution < 1.29 is 24.2 Å². The van der Waals surface area contributed by atoms with E-state index in [0.29, 0.717) is 37.7 Å². The molecule has 0 radical (unpaired) electrons. The average Bonchev–Trinajstić information content (AvgIpc) is 2.98. The Morgan fingerprint density at radius 1 is 1.29 bits per heavy atom. The van der Waals surface area contributed by atoms with E-state index < -0.39 is 11.4 Å². The summed E-state index contributed by atoms with van der Waals surface area (Å²) in [6.45, 7) is 5.28. The minimum atomic E-state index is -0.864. The molecule has 2 unspecified atom stereocenters. The maximum Gasteiger partial charge on any atom is 0.317 e. The minimum absolute atomic E-state index is 0.218. The molecule has 7 nitrogen and oxygen atoms in total. The van der Waals surface area contributed by atoms with Crippen LogP contribution in [0.25, 0.3) is 0 Å². The second-order valence-electron chi connectivity index (χ2n) is 6.61. The molecule has 0 aromatic heterocycles. The fourth-order valence-electron chi connectivity index (χ4n) is 3.00. The number of ether oxygens (including phenoxy) is 2. The zero-order chi connectivity index (χ0) is 17.3. The van der Waals surface area contributed by atoms with Crippen LogP contribution in [-0.2, 0) is 4.79 Å². The van der Waals surface area contributed by atoms with Gasteiger partial charge in [0, 0.05) is 13.1 Å². The number of benzene rings is 1. The van der Waals surface area contributed by atoms with Crippen LogP contribution in [0.4, 0.5) is 4.79 Å². The van der Waals surface area contributed by atoms with Crippen molar-refractivity contribution in [2.24, 2.45) is 5.41 Å². The summed E-state index contributed by atoms with van der Waals surface area (Å²) < 4.78 is 11.0. The first kappa shape index (κ1) is 16.4. The van der Waals surface area contributed by atoms with Crippen molar-refractivity contribution in [1.82, 2.24) is 10.2 Å². The molecule has 2 amide bonds. The lowest BCUT2D eigenvalue weighted by molar-refractivity contribution is -0.147. The quantitative estimate of drug-likeness (QED) is 0.883. The fourth-order valence-corrected chi connectivity index (χ4v) is 3.00. The number of aliphatic carboxylic acids is 1. The third kappa shape index (κ3) is 3.11. The van der Waals surface area contributed by atoms with E-state index >= 15 is 0 Å². The van der Waals surface area contributed by atoms with Crippen molar-refractivity contribution in [3.05, 3.63) is 23.8 Å². The first-order valence-corrected chi connectivity index (χ1v) is 8.07. The molecule has 2 aliphatic heterocycles. The molecule has 130 valence electrons. The summed E-state index contributed by atoms with van der Waals surface area (Å²) in [6, 6.07) is 5.13. The Morgan fingerprint density at radius 2 is 2.00 bits per heavy atom. The molecule has 1 aromatic carbocycles. The zero-order valence-corrected chi connectivity index (χ0v) is 13.9. The Kier molecular flexibility index (Phi) is 4.26. The van der Waals surface area contributed by atoms with E-state index in [1.54, 1.807) is 11.8 Å². The molecule has 0 saturated carbocycles. The van der Waals surface area contributed by atoms with Crippen molar-refractivity contribution in [3.8, 4) is 11.5 Å². The summed E-state index contributed by atoms with van der Waals surface area (Å²) in [5.74, 6) is 0.525. The van der Waals surface area contributed by atoms with Crippen LogP contribution in [0.1, 0.15) is 31.9 Å². The van der Waals surface area contributed by atoms with Gasteiger partial charge in [0.25, 0.3) is 0 Å². The van der Waals surface area contributed by atoms with Crippen molar-refractivity contribution in [2.75, 3.05) is 26.3 Å². The Hall–Kier alpha value is -2.44. The maximum absolute atomic E-state index is 12.4. The van der Waals surface area contributed by atoms with Gasteiger partial charge in [-0.05, 0) is 38.0 Å². The van der Waals surface area contributed by atoms with Crippen LogP contribution < -0.4 is 14.8 Å². The molecule has 7 heteroatoms. The minimum Gasteiger partial charge on any atom is -0.486 e. The van der Waals surface area contributed by atoms with Gasteiger partial charge in [0.1, 0.15) is 13.2 Å². The van der Waals surface area contributed by atoms with E-state index in [4.69, 9.17) is 9.47 Å². The second kappa shape index (κ2) is 6.22. The SMILES string of the molecule is CC(NC(=O)N1CCC(C)(C(=O)O)C1)c1ccc2c(c1)OCCO2. The molecule has 1 aromatic rings. The molecule has 1 fully saturated rings. The number of nitrogens with one attached hydrogen (secondary N) is 1. The number of urea groups is 1. The molecule has 0 bridgehead atoms. The van der Waals surface area contributed by atoms with Gasteiger partial charge in [-0.15, -0.1) is 0 Å². The van der Waals surface area contributed by atoms with Crippen LogP contribution in [0, 0.1) is 5.41 Å². The smallest absolute Gasteiger partial charge is 0.317 e. The first-order chi connectivity index (χ1) is 11.4. The van der Waals surface area contributed by atoms with E-state index in [2.05, 4.69) is 5.32 Å². The number of carbonyl (C=O) groups excluding carboxylic acids is 1. The van der Waals surface area contributed by atoms with E-state index in [9.17, 15) is 14.7 Å². The summed E-state index contributed by atoms with van der Waals surface area (Å²) >= 11 is 0. The van der Waals surface area contributed by atoms with Gasteiger partial charge >= 0.3 is 12.0 Å². The van der Waals surface area contributed by atoms with E-state index in [1.807, 2.05) is 25.1 Å². The Balaban J connectivity index is 1.64. The number of nitrogens with zero attached hydrogens (tertiary/aromatic N) is 1. The largest absolute Gasteiger partial charge is 0.486 e. The molecule has 3 rings (SSSR count). The summed E-state index contributed by atoms with van der Waals surface area (Å²) in [5.41, 5.74) is 0.0465. The molecule has 1 saturated heterocycles.